The number of fused-ring (bicyclic) bond motifs is 12. The van der Waals surface area contributed by atoms with Gasteiger partial charge >= 0.3 is 0 Å². The normalized spacial score (nSPS) is 11.9. The lowest BCUT2D eigenvalue weighted by atomic mass is 9.99. The molecule has 0 unspecified atom stereocenters. The molecule has 0 saturated heterocycles. The fraction of sp³-hybridized carbons (Fsp3) is 0. The Bertz CT molecular complexity index is 3510. The first-order valence-electron chi connectivity index (χ1n) is 19.1. The van der Waals surface area contributed by atoms with Crippen LogP contribution in [0, 0.1) is 0 Å². The first kappa shape index (κ1) is 30.9. The van der Waals surface area contributed by atoms with Crippen molar-refractivity contribution < 1.29 is 0 Å². The molecule has 3 aromatic heterocycles. The van der Waals surface area contributed by atoms with E-state index in [9.17, 15) is 0 Å². The molecule has 0 radical (unpaired) electrons. The summed E-state index contributed by atoms with van der Waals surface area (Å²) in [6.45, 7) is 0. The van der Waals surface area contributed by atoms with Gasteiger partial charge in [0.2, 0.25) is 0 Å². The summed E-state index contributed by atoms with van der Waals surface area (Å²) in [5.41, 5.74) is 11.7. The van der Waals surface area contributed by atoms with E-state index in [0.29, 0.717) is 0 Å². The standard InChI is InChI=1S/C52H32N4/c1-3-15-33(16-4-1)34-27-29-35(30-28-34)49-52(54-51-42-24-10-8-20-38(42)37-19-7-9-23-41(37)50(51)53-49)56-46-26-14-12-22-40(46)44-31-47-43(32-48(44)56)39-21-11-13-25-45(39)55(47)36-17-5-2-6-18-36/h1-32H. The molecule has 12 rings (SSSR count). The van der Waals surface area contributed by atoms with E-state index in [0.717, 1.165) is 61.2 Å². The Morgan fingerprint density at radius 2 is 0.714 bits per heavy atom. The summed E-state index contributed by atoms with van der Waals surface area (Å²) >= 11 is 0. The van der Waals surface area contributed by atoms with Crippen molar-refractivity contribution in [1.82, 2.24) is 19.1 Å². The minimum atomic E-state index is 0.808. The topological polar surface area (TPSA) is 35.6 Å². The fourth-order valence-electron chi connectivity index (χ4n) is 8.97. The molecule has 0 saturated carbocycles. The van der Waals surface area contributed by atoms with Gasteiger partial charge in [-0.15, -0.1) is 0 Å². The van der Waals surface area contributed by atoms with E-state index in [1.807, 2.05) is 0 Å². The van der Waals surface area contributed by atoms with Crippen LogP contribution in [0.4, 0.5) is 0 Å². The van der Waals surface area contributed by atoms with Crippen molar-refractivity contribution in [3.8, 4) is 33.9 Å². The Labute approximate surface area is 322 Å². The average molecular weight is 713 g/mol. The minimum Gasteiger partial charge on any atom is -0.309 e. The average Bonchev–Trinajstić information content (AvgIpc) is 3.78. The molecule has 0 aliphatic carbocycles. The summed E-state index contributed by atoms with van der Waals surface area (Å²) in [5, 5.41) is 9.29. The zero-order chi connectivity index (χ0) is 36.7. The second-order valence-electron chi connectivity index (χ2n) is 14.6. The van der Waals surface area contributed by atoms with Gasteiger partial charge in [-0.25, -0.2) is 9.97 Å². The third-order valence-corrected chi connectivity index (χ3v) is 11.5. The smallest absolute Gasteiger partial charge is 0.165 e. The highest BCUT2D eigenvalue weighted by Gasteiger charge is 2.23. The number of benzene rings is 9. The number of para-hydroxylation sites is 3. The maximum absolute atomic E-state index is 5.74. The lowest BCUT2D eigenvalue weighted by molar-refractivity contribution is 1.08. The molecular weight excluding hydrogens is 681 g/mol. The lowest BCUT2D eigenvalue weighted by Crippen LogP contribution is -2.04. The van der Waals surface area contributed by atoms with Gasteiger partial charge in [-0.2, -0.15) is 0 Å². The van der Waals surface area contributed by atoms with Crippen LogP contribution in [0.5, 0.6) is 0 Å². The molecule has 260 valence electrons. The summed E-state index contributed by atoms with van der Waals surface area (Å²) in [7, 11) is 0. The summed E-state index contributed by atoms with van der Waals surface area (Å²) in [5.74, 6) is 0.808. The predicted octanol–water partition coefficient (Wildman–Crippen LogP) is 13.5. The fourth-order valence-corrected chi connectivity index (χ4v) is 8.97. The second kappa shape index (κ2) is 12.0. The largest absolute Gasteiger partial charge is 0.309 e. The van der Waals surface area contributed by atoms with Crippen LogP contribution < -0.4 is 0 Å². The van der Waals surface area contributed by atoms with Crippen LogP contribution in [0.1, 0.15) is 0 Å². The van der Waals surface area contributed by atoms with Crippen LogP contribution in [-0.2, 0) is 0 Å². The van der Waals surface area contributed by atoms with Crippen LogP contribution in [0.2, 0.25) is 0 Å². The second-order valence-corrected chi connectivity index (χ2v) is 14.6. The molecule has 0 atom stereocenters. The molecule has 0 amide bonds. The molecule has 0 N–H and O–H groups in total. The van der Waals surface area contributed by atoms with Crippen LogP contribution in [0.15, 0.2) is 194 Å². The molecular formula is C52H32N4. The number of hydrogen-bond donors (Lipinski definition) is 0. The number of aromatic nitrogens is 4. The molecule has 3 heterocycles. The third-order valence-electron chi connectivity index (χ3n) is 11.5. The molecule has 12 aromatic rings. The van der Waals surface area contributed by atoms with Gasteiger partial charge in [-0.1, -0.05) is 158 Å². The Morgan fingerprint density at radius 1 is 0.286 bits per heavy atom. The van der Waals surface area contributed by atoms with Crippen LogP contribution >= 0.6 is 0 Å². The molecule has 0 bridgehead atoms. The van der Waals surface area contributed by atoms with Gasteiger partial charge in [0.15, 0.2) is 5.82 Å². The zero-order valence-corrected chi connectivity index (χ0v) is 30.3. The molecule has 0 fully saturated rings. The summed E-state index contributed by atoms with van der Waals surface area (Å²) in [6.07, 6.45) is 0. The van der Waals surface area contributed by atoms with Crippen molar-refractivity contribution in [1.29, 1.82) is 0 Å². The van der Waals surface area contributed by atoms with Gasteiger partial charge in [0.25, 0.3) is 0 Å². The number of nitrogens with zero attached hydrogens (tertiary/aromatic N) is 4. The van der Waals surface area contributed by atoms with E-state index in [4.69, 9.17) is 9.97 Å². The maximum atomic E-state index is 5.74. The predicted molar refractivity (Wildman–Crippen MR) is 234 cm³/mol. The molecule has 4 nitrogen and oxygen atoms in total. The van der Waals surface area contributed by atoms with Crippen LogP contribution in [-0.4, -0.2) is 19.1 Å². The molecule has 0 aliphatic rings. The zero-order valence-electron chi connectivity index (χ0n) is 30.3. The van der Waals surface area contributed by atoms with Crippen molar-refractivity contribution in [3.63, 3.8) is 0 Å². The quantitative estimate of drug-likeness (QED) is 0.170. The van der Waals surface area contributed by atoms with Crippen molar-refractivity contribution in [2.24, 2.45) is 0 Å². The van der Waals surface area contributed by atoms with Crippen LogP contribution in [0.25, 0.3) is 110 Å². The summed E-state index contributed by atoms with van der Waals surface area (Å²) < 4.78 is 4.75. The Hall–Kier alpha value is -7.56. The first-order valence-corrected chi connectivity index (χ1v) is 19.1. The Kier molecular flexibility index (Phi) is 6.60. The molecule has 0 aliphatic heterocycles. The van der Waals surface area contributed by atoms with E-state index < -0.39 is 0 Å². The van der Waals surface area contributed by atoms with E-state index in [1.165, 1.54) is 48.9 Å². The van der Waals surface area contributed by atoms with Gasteiger partial charge in [0.1, 0.15) is 5.69 Å². The van der Waals surface area contributed by atoms with Crippen LogP contribution in [0.3, 0.4) is 0 Å². The van der Waals surface area contributed by atoms with Crippen molar-refractivity contribution in [2.75, 3.05) is 0 Å². The number of rotatable bonds is 4. The van der Waals surface area contributed by atoms with Gasteiger partial charge in [-0.3, -0.25) is 4.57 Å². The lowest BCUT2D eigenvalue weighted by Gasteiger charge is -2.16. The third kappa shape index (κ3) is 4.47. The monoisotopic (exact) mass is 712 g/mol. The Morgan fingerprint density at radius 3 is 1.32 bits per heavy atom. The van der Waals surface area contributed by atoms with Crippen molar-refractivity contribution in [3.05, 3.63) is 194 Å². The van der Waals surface area contributed by atoms with E-state index in [1.54, 1.807) is 0 Å². The van der Waals surface area contributed by atoms with E-state index in [2.05, 4.69) is 203 Å². The Balaban J connectivity index is 1.23. The van der Waals surface area contributed by atoms with Gasteiger partial charge in [0.05, 0.1) is 33.1 Å². The van der Waals surface area contributed by atoms with Gasteiger partial charge in [-0.05, 0) is 58.3 Å². The molecule has 4 heteroatoms. The minimum absolute atomic E-state index is 0.808. The first-order chi connectivity index (χ1) is 27.8. The highest BCUT2D eigenvalue weighted by molar-refractivity contribution is 6.24. The highest BCUT2D eigenvalue weighted by Crippen LogP contribution is 2.42. The highest BCUT2D eigenvalue weighted by atomic mass is 15.1. The van der Waals surface area contributed by atoms with E-state index in [-0.39, 0.29) is 0 Å². The van der Waals surface area contributed by atoms with Crippen molar-refractivity contribution >= 4 is 76.2 Å². The van der Waals surface area contributed by atoms with Crippen molar-refractivity contribution in [2.45, 2.75) is 0 Å². The van der Waals surface area contributed by atoms with Gasteiger partial charge < -0.3 is 4.57 Å². The molecule has 56 heavy (non-hydrogen) atoms. The molecule has 0 spiro atoms. The maximum Gasteiger partial charge on any atom is 0.165 e. The summed E-state index contributed by atoms with van der Waals surface area (Å²) in [4.78, 5) is 11.4. The van der Waals surface area contributed by atoms with E-state index >= 15 is 0 Å². The SMILES string of the molecule is c1ccc(-c2ccc(-c3nc4c5ccccc5c5ccccc5c4nc3-n3c4ccccc4c4cc5c(cc43)c3ccccc3n5-c3ccccc3)cc2)cc1. The number of hydrogen-bond acceptors (Lipinski definition) is 2. The van der Waals surface area contributed by atoms with Gasteiger partial charge in [0, 0.05) is 43.6 Å². The summed E-state index contributed by atoms with van der Waals surface area (Å²) in [6, 6.07) is 69.4. The molecule has 9 aromatic carbocycles.